The Hall–Kier alpha value is -4.76. The van der Waals surface area contributed by atoms with Crippen molar-refractivity contribution in [3.05, 3.63) is 103 Å². The van der Waals surface area contributed by atoms with E-state index in [9.17, 15) is 8.42 Å². The second-order valence-corrected chi connectivity index (χ2v) is 9.89. The molecule has 0 amide bonds. The molecule has 0 aliphatic heterocycles. The molecule has 0 atom stereocenters. The summed E-state index contributed by atoms with van der Waals surface area (Å²) in [5.41, 5.74) is 3.63. The van der Waals surface area contributed by atoms with Crippen molar-refractivity contribution in [3.63, 3.8) is 0 Å². The highest BCUT2D eigenvalue weighted by Gasteiger charge is 2.15. The Morgan fingerprint density at radius 1 is 0.750 bits per heavy atom. The smallest absolute Gasteiger partial charge is 0.261 e. The van der Waals surface area contributed by atoms with Gasteiger partial charge in [-0.15, -0.1) is 0 Å². The molecule has 6 aromatic rings. The number of hydrogen-bond acceptors (Lipinski definition) is 6. The number of hydrogen-bond donors (Lipinski definition) is 3. The van der Waals surface area contributed by atoms with E-state index in [2.05, 4.69) is 20.2 Å². The Balaban J connectivity index is 1.28. The van der Waals surface area contributed by atoms with Crippen LogP contribution in [0.2, 0.25) is 0 Å². The number of nitrogens with one attached hydrogen (secondary N) is 3. The van der Waals surface area contributed by atoms with Crippen LogP contribution in [0.5, 0.6) is 0 Å². The number of sulfonamides is 1. The van der Waals surface area contributed by atoms with Crippen LogP contribution in [0.3, 0.4) is 0 Å². The lowest BCUT2D eigenvalue weighted by atomic mass is 10.2. The summed E-state index contributed by atoms with van der Waals surface area (Å²) in [6, 6.07) is 29.3. The van der Waals surface area contributed by atoms with Gasteiger partial charge in [0.05, 0.1) is 27.8 Å². The van der Waals surface area contributed by atoms with Gasteiger partial charge in [-0.2, -0.15) is 5.10 Å². The minimum Gasteiger partial charge on any atom is -0.340 e. The Labute approximate surface area is 207 Å². The third kappa shape index (κ3) is 4.23. The van der Waals surface area contributed by atoms with Crippen LogP contribution < -0.4 is 10.0 Å². The minimum absolute atomic E-state index is 0.148. The molecular weight excluding hydrogens is 472 g/mol. The molecule has 0 radical (unpaired) electrons. The van der Waals surface area contributed by atoms with E-state index in [0.29, 0.717) is 23.0 Å². The van der Waals surface area contributed by atoms with E-state index < -0.39 is 10.0 Å². The molecule has 4 aromatic carbocycles. The Kier molecular flexibility index (Phi) is 5.31. The van der Waals surface area contributed by atoms with Gasteiger partial charge in [-0.3, -0.25) is 9.82 Å². The first kappa shape index (κ1) is 21.8. The number of anilines is 3. The van der Waals surface area contributed by atoms with Crippen LogP contribution in [0.4, 0.5) is 17.2 Å². The number of aromatic amines is 1. The van der Waals surface area contributed by atoms with Gasteiger partial charge in [0.2, 0.25) is 0 Å². The van der Waals surface area contributed by atoms with Crippen LogP contribution in [0.1, 0.15) is 0 Å². The first-order valence-electron chi connectivity index (χ1n) is 11.2. The van der Waals surface area contributed by atoms with Gasteiger partial charge in [0.25, 0.3) is 10.0 Å². The highest BCUT2D eigenvalue weighted by molar-refractivity contribution is 7.92. The number of benzene rings is 4. The molecule has 0 saturated carbocycles. The quantitative estimate of drug-likeness (QED) is 0.274. The molecule has 36 heavy (non-hydrogen) atoms. The summed E-state index contributed by atoms with van der Waals surface area (Å²) in [6.07, 6.45) is 1.68. The molecule has 0 saturated heterocycles. The van der Waals surface area contributed by atoms with Crippen LogP contribution in [-0.4, -0.2) is 28.6 Å². The molecule has 0 bridgehead atoms. The number of fused-ring (bicyclic) bond motifs is 2. The van der Waals surface area contributed by atoms with Crippen molar-refractivity contribution in [2.24, 2.45) is 0 Å². The minimum atomic E-state index is -3.77. The SMILES string of the molecule is O=S(=O)(Nc1ccc2cn[nH]c2c1)c1ccc(Nc2nc(-c3ccccc3)nc3ccccc23)cc1. The average Bonchev–Trinajstić information content (AvgIpc) is 3.37. The maximum Gasteiger partial charge on any atom is 0.261 e. The molecule has 176 valence electrons. The van der Waals surface area contributed by atoms with E-state index in [1.807, 2.05) is 54.6 Å². The van der Waals surface area contributed by atoms with Gasteiger partial charge < -0.3 is 5.32 Å². The normalized spacial score (nSPS) is 11.6. The fourth-order valence-corrected chi connectivity index (χ4v) is 5.01. The molecule has 0 fully saturated rings. The third-order valence-electron chi connectivity index (χ3n) is 5.76. The predicted octanol–water partition coefficient (Wildman–Crippen LogP) is 5.72. The summed E-state index contributed by atoms with van der Waals surface area (Å²) in [7, 11) is -3.77. The third-order valence-corrected chi connectivity index (χ3v) is 7.15. The summed E-state index contributed by atoms with van der Waals surface area (Å²) in [4.78, 5) is 9.61. The summed E-state index contributed by atoms with van der Waals surface area (Å²) < 4.78 is 28.5. The summed E-state index contributed by atoms with van der Waals surface area (Å²) >= 11 is 0. The van der Waals surface area contributed by atoms with Crippen LogP contribution >= 0.6 is 0 Å². The van der Waals surface area contributed by atoms with Gasteiger partial charge in [0.1, 0.15) is 5.82 Å². The van der Waals surface area contributed by atoms with Crippen molar-refractivity contribution in [1.82, 2.24) is 20.2 Å². The zero-order valence-electron chi connectivity index (χ0n) is 18.9. The van der Waals surface area contributed by atoms with Crippen LogP contribution in [0.25, 0.3) is 33.2 Å². The first-order chi connectivity index (χ1) is 17.5. The summed E-state index contributed by atoms with van der Waals surface area (Å²) in [5.74, 6) is 1.25. The number of H-pyrrole nitrogens is 1. The van der Waals surface area contributed by atoms with Crippen molar-refractivity contribution in [2.75, 3.05) is 10.0 Å². The van der Waals surface area contributed by atoms with Crippen molar-refractivity contribution >= 4 is 49.0 Å². The molecule has 2 aromatic heterocycles. The fraction of sp³-hybridized carbons (Fsp3) is 0. The molecule has 0 aliphatic rings. The van der Waals surface area contributed by atoms with Crippen molar-refractivity contribution < 1.29 is 8.42 Å². The fourth-order valence-electron chi connectivity index (χ4n) is 3.96. The molecule has 0 aliphatic carbocycles. The Bertz CT molecular complexity index is 1800. The van der Waals surface area contributed by atoms with Gasteiger partial charge in [0.15, 0.2) is 5.82 Å². The lowest BCUT2D eigenvalue weighted by Crippen LogP contribution is -2.12. The zero-order valence-corrected chi connectivity index (χ0v) is 19.7. The molecular formula is C27H20N6O2S. The molecule has 0 unspecified atom stereocenters. The predicted molar refractivity (Wildman–Crippen MR) is 142 cm³/mol. The largest absolute Gasteiger partial charge is 0.340 e. The van der Waals surface area contributed by atoms with E-state index in [1.165, 1.54) is 0 Å². The average molecular weight is 493 g/mol. The molecule has 0 spiro atoms. The summed E-state index contributed by atoms with van der Waals surface area (Å²) in [5, 5.41) is 11.9. The van der Waals surface area contributed by atoms with Gasteiger partial charge in [-0.25, -0.2) is 18.4 Å². The number of rotatable bonds is 6. The zero-order chi connectivity index (χ0) is 24.5. The maximum absolute atomic E-state index is 12.9. The van der Waals surface area contributed by atoms with Gasteiger partial charge >= 0.3 is 0 Å². The Morgan fingerprint density at radius 3 is 2.33 bits per heavy atom. The van der Waals surface area contributed by atoms with Crippen molar-refractivity contribution in [1.29, 1.82) is 0 Å². The lowest BCUT2D eigenvalue weighted by molar-refractivity contribution is 0.601. The number of para-hydroxylation sites is 1. The maximum atomic E-state index is 12.9. The number of aromatic nitrogens is 4. The second-order valence-electron chi connectivity index (χ2n) is 8.21. The van der Waals surface area contributed by atoms with Crippen molar-refractivity contribution in [2.45, 2.75) is 4.90 Å². The molecule has 3 N–H and O–H groups in total. The van der Waals surface area contributed by atoms with Gasteiger partial charge in [0, 0.05) is 22.0 Å². The van der Waals surface area contributed by atoms with E-state index in [-0.39, 0.29) is 4.90 Å². The van der Waals surface area contributed by atoms with E-state index >= 15 is 0 Å². The monoisotopic (exact) mass is 492 g/mol. The molecule has 2 heterocycles. The van der Waals surface area contributed by atoms with E-state index in [4.69, 9.17) is 9.97 Å². The molecule has 9 heteroatoms. The molecule has 6 rings (SSSR count). The van der Waals surface area contributed by atoms with E-state index in [0.717, 1.165) is 27.4 Å². The number of nitrogens with zero attached hydrogens (tertiary/aromatic N) is 3. The highest BCUT2D eigenvalue weighted by atomic mass is 32.2. The van der Waals surface area contributed by atoms with Crippen LogP contribution in [-0.2, 0) is 10.0 Å². The first-order valence-corrected chi connectivity index (χ1v) is 12.7. The summed E-state index contributed by atoms with van der Waals surface area (Å²) in [6.45, 7) is 0. The van der Waals surface area contributed by atoms with E-state index in [1.54, 1.807) is 48.7 Å². The second kappa shape index (κ2) is 8.79. The lowest BCUT2D eigenvalue weighted by Gasteiger charge is -2.12. The topological polar surface area (TPSA) is 113 Å². The standard InChI is InChI=1S/C27H20N6O2S/c34-36(35,33-21-11-10-19-17-28-32-25(19)16-21)22-14-12-20(13-15-22)29-27-23-8-4-5-9-24(23)30-26(31-27)18-6-2-1-3-7-18/h1-17,33H,(H,28,32)(H,29,30,31). The van der Waals surface area contributed by atoms with Crippen LogP contribution in [0.15, 0.2) is 108 Å². The van der Waals surface area contributed by atoms with Gasteiger partial charge in [-0.1, -0.05) is 42.5 Å². The highest BCUT2D eigenvalue weighted by Crippen LogP contribution is 2.28. The van der Waals surface area contributed by atoms with Crippen LogP contribution in [0, 0.1) is 0 Å². The van der Waals surface area contributed by atoms with Crippen molar-refractivity contribution in [3.8, 4) is 11.4 Å². The van der Waals surface area contributed by atoms with Gasteiger partial charge in [-0.05, 0) is 54.6 Å². The molecule has 8 nitrogen and oxygen atoms in total. The Morgan fingerprint density at radius 2 is 1.50 bits per heavy atom.